The van der Waals surface area contributed by atoms with Crippen LogP contribution in [0.3, 0.4) is 0 Å². The summed E-state index contributed by atoms with van der Waals surface area (Å²) in [6.45, 7) is 5.21. The summed E-state index contributed by atoms with van der Waals surface area (Å²) in [7, 11) is 0. The SMILES string of the molecule is CCN1CCC[C@@H](NC(=O)c2cnccc2N)C1. The van der Waals surface area contributed by atoms with Crippen molar-refractivity contribution in [2.24, 2.45) is 0 Å². The summed E-state index contributed by atoms with van der Waals surface area (Å²) in [5, 5.41) is 3.04. The van der Waals surface area contributed by atoms with Crippen molar-refractivity contribution >= 4 is 11.6 Å². The standard InChI is InChI=1S/C13H20N4O/c1-2-17-7-3-4-10(9-17)16-13(18)11-8-15-6-5-12(11)14/h5-6,8,10H,2-4,7,9H2,1H3,(H2,14,15)(H,16,18)/t10-/m1/s1. The van der Waals surface area contributed by atoms with Crippen molar-refractivity contribution in [3.8, 4) is 0 Å². The summed E-state index contributed by atoms with van der Waals surface area (Å²) >= 11 is 0. The summed E-state index contributed by atoms with van der Waals surface area (Å²) in [5.74, 6) is -0.122. The molecule has 1 aliphatic rings. The molecule has 0 aliphatic carbocycles. The van der Waals surface area contributed by atoms with E-state index >= 15 is 0 Å². The van der Waals surface area contributed by atoms with E-state index in [1.54, 1.807) is 12.3 Å². The number of nitrogens with two attached hydrogens (primary N) is 1. The normalized spacial score (nSPS) is 20.6. The first-order chi connectivity index (χ1) is 8.70. The molecule has 2 rings (SSSR count). The predicted molar refractivity (Wildman–Crippen MR) is 71.3 cm³/mol. The molecule has 5 heteroatoms. The summed E-state index contributed by atoms with van der Waals surface area (Å²) in [4.78, 5) is 18.4. The van der Waals surface area contributed by atoms with E-state index in [0.717, 1.165) is 32.5 Å². The van der Waals surface area contributed by atoms with E-state index in [9.17, 15) is 4.79 Å². The van der Waals surface area contributed by atoms with Crippen LogP contribution in [0.2, 0.25) is 0 Å². The second-order valence-corrected chi connectivity index (χ2v) is 4.67. The Labute approximate surface area is 107 Å². The molecular formula is C13H20N4O. The number of carbonyl (C=O) groups is 1. The summed E-state index contributed by atoms with van der Waals surface area (Å²) in [6.07, 6.45) is 5.26. The van der Waals surface area contributed by atoms with Crippen LogP contribution in [0.4, 0.5) is 5.69 Å². The number of carbonyl (C=O) groups excluding carboxylic acids is 1. The van der Waals surface area contributed by atoms with Crippen LogP contribution in [0.5, 0.6) is 0 Å². The molecule has 18 heavy (non-hydrogen) atoms. The van der Waals surface area contributed by atoms with Crippen LogP contribution in [0, 0.1) is 0 Å². The molecule has 98 valence electrons. The van der Waals surface area contributed by atoms with E-state index in [-0.39, 0.29) is 11.9 Å². The molecule has 0 unspecified atom stereocenters. The molecule has 5 nitrogen and oxygen atoms in total. The minimum atomic E-state index is -0.122. The smallest absolute Gasteiger partial charge is 0.255 e. The van der Waals surface area contributed by atoms with Gasteiger partial charge in [-0.1, -0.05) is 6.92 Å². The van der Waals surface area contributed by atoms with Crippen LogP contribution in [0.1, 0.15) is 30.1 Å². The van der Waals surface area contributed by atoms with Gasteiger partial charge in [-0.25, -0.2) is 0 Å². The molecule has 1 saturated heterocycles. The van der Waals surface area contributed by atoms with Gasteiger partial charge in [-0.2, -0.15) is 0 Å². The Hall–Kier alpha value is -1.62. The average Bonchev–Trinajstić information content (AvgIpc) is 2.39. The number of nitrogen functional groups attached to an aromatic ring is 1. The monoisotopic (exact) mass is 248 g/mol. The summed E-state index contributed by atoms with van der Waals surface area (Å²) < 4.78 is 0. The number of amides is 1. The lowest BCUT2D eigenvalue weighted by molar-refractivity contribution is 0.0906. The van der Waals surface area contributed by atoms with Gasteiger partial charge in [0.25, 0.3) is 5.91 Å². The number of aromatic nitrogens is 1. The lowest BCUT2D eigenvalue weighted by Crippen LogP contribution is -2.47. The van der Waals surface area contributed by atoms with Gasteiger partial charge >= 0.3 is 0 Å². The van der Waals surface area contributed by atoms with E-state index < -0.39 is 0 Å². The number of rotatable bonds is 3. The minimum absolute atomic E-state index is 0.122. The van der Waals surface area contributed by atoms with Gasteiger partial charge in [0.15, 0.2) is 0 Å². The zero-order valence-electron chi connectivity index (χ0n) is 10.7. The average molecular weight is 248 g/mol. The van der Waals surface area contributed by atoms with Crippen molar-refractivity contribution in [3.05, 3.63) is 24.0 Å². The van der Waals surface area contributed by atoms with Crippen molar-refractivity contribution < 1.29 is 4.79 Å². The molecule has 1 aromatic rings. The van der Waals surface area contributed by atoms with Gasteiger partial charge in [-0.05, 0) is 32.0 Å². The lowest BCUT2D eigenvalue weighted by Gasteiger charge is -2.32. The maximum atomic E-state index is 12.1. The van der Waals surface area contributed by atoms with Gasteiger partial charge < -0.3 is 16.0 Å². The number of piperidine rings is 1. The Morgan fingerprint density at radius 1 is 1.67 bits per heavy atom. The number of likely N-dealkylation sites (tertiary alicyclic amines) is 1. The number of nitrogens with zero attached hydrogens (tertiary/aromatic N) is 2. The van der Waals surface area contributed by atoms with Crippen LogP contribution < -0.4 is 11.1 Å². The minimum Gasteiger partial charge on any atom is -0.398 e. The van der Waals surface area contributed by atoms with Crippen molar-refractivity contribution in [2.75, 3.05) is 25.4 Å². The van der Waals surface area contributed by atoms with Crippen LogP contribution in [0.25, 0.3) is 0 Å². The van der Waals surface area contributed by atoms with Crippen LogP contribution in [0.15, 0.2) is 18.5 Å². The topological polar surface area (TPSA) is 71.2 Å². The number of anilines is 1. The second-order valence-electron chi connectivity index (χ2n) is 4.67. The first kappa shape index (κ1) is 12.8. The highest BCUT2D eigenvalue weighted by Crippen LogP contribution is 2.12. The van der Waals surface area contributed by atoms with Crippen LogP contribution in [-0.4, -0.2) is 41.5 Å². The number of nitrogens with one attached hydrogen (secondary N) is 1. The molecule has 0 radical (unpaired) electrons. The van der Waals surface area contributed by atoms with E-state index in [1.165, 1.54) is 6.20 Å². The molecule has 1 atom stereocenters. The summed E-state index contributed by atoms with van der Waals surface area (Å²) in [5.41, 5.74) is 6.71. The van der Waals surface area contributed by atoms with Crippen molar-refractivity contribution in [2.45, 2.75) is 25.8 Å². The highest BCUT2D eigenvalue weighted by atomic mass is 16.1. The Balaban J connectivity index is 1.97. The molecular weight excluding hydrogens is 228 g/mol. The molecule has 0 saturated carbocycles. The van der Waals surface area contributed by atoms with Gasteiger partial charge in [0.1, 0.15) is 0 Å². The fourth-order valence-electron chi connectivity index (χ4n) is 2.32. The molecule has 0 bridgehead atoms. The molecule has 2 heterocycles. The molecule has 1 aromatic heterocycles. The Kier molecular flexibility index (Phi) is 4.15. The number of hydrogen-bond donors (Lipinski definition) is 2. The molecule has 0 aromatic carbocycles. The third-order valence-electron chi connectivity index (χ3n) is 3.39. The highest BCUT2D eigenvalue weighted by Gasteiger charge is 2.21. The Bertz CT molecular complexity index is 421. The van der Waals surface area contributed by atoms with Gasteiger partial charge in [-0.15, -0.1) is 0 Å². The van der Waals surface area contributed by atoms with E-state index in [2.05, 4.69) is 22.1 Å². The Morgan fingerprint density at radius 2 is 2.50 bits per heavy atom. The van der Waals surface area contributed by atoms with Crippen molar-refractivity contribution in [1.82, 2.24) is 15.2 Å². The van der Waals surface area contributed by atoms with E-state index in [1.807, 2.05) is 0 Å². The van der Waals surface area contributed by atoms with Crippen LogP contribution >= 0.6 is 0 Å². The second kappa shape index (κ2) is 5.82. The number of likely N-dealkylation sites (N-methyl/N-ethyl adjacent to an activating group) is 1. The van der Waals surface area contributed by atoms with E-state index in [4.69, 9.17) is 5.73 Å². The molecule has 1 amide bonds. The van der Waals surface area contributed by atoms with Crippen molar-refractivity contribution in [1.29, 1.82) is 0 Å². The van der Waals surface area contributed by atoms with Crippen molar-refractivity contribution in [3.63, 3.8) is 0 Å². The van der Waals surface area contributed by atoms with Gasteiger partial charge in [0.05, 0.1) is 5.56 Å². The first-order valence-corrected chi connectivity index (χ1v) is 6.43. The Morgan fingerprint density at radius 3 is 3.22 bits per heavy atom. The molecule has 0 spiro atoms. The molecule has 1 aliphatic heterocycles. The van der Waals surface area contributed by atoms with Gasteiger partial charge in [-0.3, -0.25) is 9.78 Å². The number of pyridine rings is 1. The highest BCUT2D eigenvalue weighted by molar-refractivity contribution is 5.98. The zero-order valence-corrected chi connectivity index (χ0v) is 10.7. The maximum Gasteiger partial charge on any atom is 0.255 e. The summed E-state index contributed by atoms with van der Waals surface area (Å²) in [6, 6.07) is 1.86. The quantitative estimate of drug-likeness (QED) is 0.833. The first-order valence-electron chi connectivity index (χ1n) is 6.43. The largest absolute Gasteiger partial charge is 0.398 e. The predicted octanol–water partition coefficient (Wildman–Crippen LogP) is 0.878. The molecule has 1 fully saturated rings. The third-order valence-corrected chi connectivity index (χ3v) is 3.39. The van der Waals surface area contributed by atoms with Gasteiger partial charge in [0.2, 0.25) is 0 Å². The lowest BCUT2D eigenvalue weighted by atomic mass is 10.1. The van der Waals surface area contributed by atoms with E-state index in [0.29, 0.717) is 11.3 Å². The fourth-order valence-corrected chi connectivity index (χ4v) is 2.32. The van der Waals surface area contributed by atoms with Crippen LogP contribution in [-0.2, 0) is 0 Å². The fraction of sp³-hybridized carbons (Fsp3) is 0.538. The zero-order chi connectivity index (χ0) is 13.0. The third kappa shape index (κ3) is 2.98. The van der Waals surface area contributed by atoms with Gasteiger partial charge in [0, 0.05) is 30.7 Å². The maximum absolute atomic E-state index is 12.1. The molecule has 3 N–H and O–H groups in total. The number of hydrogen-bond acceptors (Lipinski definition) is 4.